The summed E-state index contributed by atoms with van der Waals surface area (Å²) >= 11 is 2.43. The molecule has 0 radical (unpaired) electrons. The van der Waals surface area contributed by atoms with Crippen molar-refractivity contribution in [2.45, 2.75) is 23.8 Å². The largest absolute Gasteiger partial charge is 0.342 e. The smallest absolute Gasteiger partial charge is 0.289 e. The molecule has 5 nitrogen and oxygen atoms in total. The van der Waals surface area contributed by atoms with E-state index in [4.69, 9.17) is 0 Å². The number of carbonyl (C=O) groups excluding carboxylic acids is 3. The van der Waals surface area contributed by atoms with Crippen molar-refractivity contribution in [3.63, 3.8) is 0 Å². The van der Waals surface area contributed by atoms with Gasteiger partial charge in [0.15, 0.2) is 0 Å². The lowest BCUT2D eigenvalue weighted by atomic mass is 10.0. The van der Waals surface area contributed by atoms with Crippen LogP contribution < -0.4 is 0 Å². The van der Waals surface area contributed by atoms with Crippen LogP contribution in [0, 0.1) is 5.82 Å². The van der Waals surface area contributed by atoms with Crippen LogP contribution >= 0.6 is 23.5 Å². The molecule has 3 amide bonds. The number of nitrogens with zero attached hydrogens (tertiary/aromatic N) is 2. The van der Waals surface area contributed by atoms with Crippen LogP contribution in [-0.2, 0) is 9.59 Å². The van der Waals surface area contributed by atoms with Crippen molar-refractivity contribution in [2.75, 3.05) is 24.6 Å². The number of halogens is 1. The molecule has 2 saturated heterocycles. The molecule has 8 heteroatoms. The number of thioether (sulfide) groups is 2. The molecule has 2 aliphatic rings. The van der Waals surface area contributed by atoms with Gasteiger partial charge >= 0.3 is 0 Å². The number of piperidine rings is 1. The van der Waals surface area contributed by atoms with E-state index in [1.165, 1.54) is 28.8 Å². The van der Waals surface area contributed by atoms with Crippen molar-refractivity contribution in [1.82, 2.24) is 9.80 Å². The topological polar surface area (TPSA) is 57.7 Å². The predicted molar refractivity (Wildman–Crippen MR) is 91.4 cm³/mol. The molecule has 0 unspecified atom stereocenters. The monoisotopic (exact) mass is 368 g/mol. The molecule has 128 valence electrons. The zero-order valence-electron chi connectivity index (χ0n) is 12.9. The van der Waals surface area contributed by atoms with Gasteiger partial charge in [-0.05, 0) is 37.1 Å². The van der Waals surface area contributed by atoms with Gasteiger partial charge in [-0.15, -0.1) is 11.8 Å². The van der Waals surface area contributed by atoms with Gasteiger partial charge in [-0.2, -0.15) is 0 Å². The number of carbonyl (C=O) groups is 3. The molecule has 2 fully saturated rings. The number of rotatable bonds is 4. The van der Waals surface area contributed by atoms with E-state index in [2.05, 4.69) is 0 Å². The molecule has 0 bridgehead atoms. The zero-order chi connectivity index (χ0) is 17.1. The van der Waals surface area contributed by atoms with E-state index in [0.717, 1.165) is 16.7 Å². The Morgan fingerprint density at radius 2 is 1.88 bits per heavy atom. The Balaban J connectivity index is 1.47. The Kier molecular flexibility index (Phi) is 5.45. The highest BCUT2D eigenvalue weighted by molar-refractivity contribution is 8.14. The Bertz CT molecular complexity index is 629. The fraction of sp³-hybridized carbons (Fsp3) is 0.438. The average molecular weight is 368 g/mol. The van der Waals surface area contributed by atoms with Crippen LogP contribution in [0.1, 0.15) is 12.8 Å². The maximum Gasteiger partial charge on any atom is 0.289 e. The van der Waals surface area contributed by atoms with Gasteiger partial charge in [-0.3, -0.25) is 19.3 Å². The van der Waals surface area contributed by atoms with E-state index in [9.17, 15) is 18.8 Å². The number of hydrogen-bond acceptors (Lipinski definition) is 5. The number of benzene rings is 1. The van der Waals surface area contributed by atoms with Crippen LogP contribution in [0.3, 0.4) is 0 Å². The SMILES string of the molecule is O=C(CSc1ccc(F)cc1)N1CCC(N2C(=O)CSC2=O)CC1. The molecule has 0 N–H and O–H groups in total. The number of amides is 3. The van der Waals surface area contributed by atoms with E-state index < -0.39 is 0 Å². The van der Waals surface area contributed by atoms with Crippen molar-refractivity contribution in [2.24, 2.45) is 0 Å². The molecule has 1 aromatic carbocycles. The van der Waals surface area contributed by atoms with E-state index in [-0.39, 0.29) is 34.7 Å². The van der Waals surface area contributed by atoms with Crippen molar-refractivity contribution in [1.29, 1.82) is 0 Å². The Morgan fingerprint density at radius 3 is 2.46 bits per heavy atom. The molecule has 2 heterocycles. The first-order valence-electron chi connectivity index (χ1n) is 7.69. The summed E-state index contributed by atoms with van der Waals surface area (Å²) in [6, 6.07) is 5.97. The minimum atomic E-state index is -0.295. The third kappa shape index (κ3) is 3.92. The number of imide groups is 1. The fourth-order valence-electron chi connectivity index (χ4n) is 2.86. The maximum absolute atomic E-state index is 12.9. The van der Waals surface area contributed by atoms with Gasteiger partial charge in [-0.1, -0.05) is 11.8 Å². The normalized spacial score (nSPS) is 19.2. The van der Waals surface area contributed by atoms with Crippen LogP contribution in [0.25, 0.3) is 0 Å². The zero-order valence-corrected chi connectivity index (χ0v) is 14.6. The van der Waals surface area contributed by atoms with E-state index in [0.29, 0.717) is 31.7 Å². The molecular formula is C16H17FN2O3S2. The summed E-state index contributed by atoms with van der Waals surface area (Å²) < 4.78 is 12.9. The minimum absolute atomic E-state index is 0.0243. The van der Waals surface area contributed by atoms with Gasteiger partial charge in [0, 0.05) is 24.0 Å². The quantitative estimate of drug-likeness (QED) is 0.765. The lowest BCUT2D eigenvalue weighted by Crippen LogP contribution is -2.48. The third-order valence-corrected chi connectivity index (χ3v) is 5.97. The highest BCUT2D eigenvalue weighted by Crippen LogP contribution is 2.27. The summed E-state index contributed by atoms with van der Waals surface area (Å²) in [6.07, 6.45) is 1.26. The van der Waals surface area contributed by atoms with Crippen LogP contribution in [-0.4, -0.2) is 57.5 Å². The highest BCUT2D eigenvalue weighted by Gasteiger charge is 2.37. The van der Waals surface area contributed by atoms with Crippen molar-refractivity contribution >= 4 is 40.6 Å². The molecule has 3 rings (SSSR count). The van der Waals surface area contributed by atoms with Crippen LogP contribution in [0.5, 0.6) is 0 Å². The second kappa shape index (κ2) is 7.57. The molecule has 2 aliphatic heterocycles. The first-order chi connectivity index (χ1) is 11.5. The average Bonchev–Trinajstić information content (AvgIpc) is 2.93. The summed E-state index contributed by atoms with van der Waals surface area (Å²) in [5, 5.41) is -0.170. The first kappa shape index (κ1) is 17.3. The van der Waals surface area contributed by atoms with Crippen LogP contribution in [0.2, 0.25) is 0 Å². The van der Waals surface area contributed by atoms with Gasteiger partial charge in [0.2, 0.25) is 11.8 Å². The predicted octanol–water partition coefficient (Wildman–Crippen LogP) is 2.60. The molecule has 0 atom stereocenters. The molecule has 24 heavy (non-hydrogen) atoms. The van der Waals surface area contributed by atoms with Crippen molar-refractivity contribution in [3.05, 3.63) is 30.1 Å². The van der Waals surface area contributed by atoms with E-state index in [1.807, 2.05) is 0 Å². The highest BCUT2D eigenvalue weighted by atomic mass is 32.2. The van der Waals surface area contributed by atoms with Gasteiger partial charge < -0.3 is 4.90 Å². The van der Waals surface area contributed by atoms with Gasteiger partial charge in [0.05, 0.1) is 11.5 Å². The number of likely N-dealkylation sites (tertiary alicyclic amines) is 1. The van der Waals surface area contributed by atoms with Crippen molar-refractivity contribution < 1.29 is 18.8 Å². The van der Waals surface area contributed by atoms with E-state index in [1.54, 1.807) is 17.0 Å². The standard InChI is InChI=1S/C16H17FN2O3S2/c17-11-1-3-13(4-2-11)23-9-14(20)18-7-5-12(6-8-18)19-15(21)10-24-16(19)22/h1-4,12H,5-10H2. The van der Waals surface area contributed by atoms with Crippen LogP contribution in [0.4, 0.5) is 9.18 Å². The summed E-state index contributed by atoms with van der Waals surface area (Å²) in [4.78, 5) is 39.8. The van der Waals surface area contributed by atoms with Crippen LogP contribution in [0.15, 0.2) is 29.2 Å². The summed E-state index contributed by atoms with van der Waals surface area (Å²) in [7, 11) is 0. The third-order valence-electron chi connectivity index (χ3n) is 4.14. The van der Waals surface area contributed by atoms with E-state index >= 15 is 0 Å². The first-order valence-corrected chi connectivity index (χ1v) is 9.66. The second-order valence-electron chi connectivity index (χ2n) is 5.67. The van der Waals surface area contributed by atoms with Gasteiger partial charge in [-0.25, -0.2) is 4.39 Å². The summed E-state index contributed by atoms with van der Waals surface area (Å²) in [5.74, 6) is 0.134. The maximum atomic E-state index is 12.9. The molecule has 0 spiro atoms. The molecule has 0 saturated carbocycles. The Morgan fingerprint density at radius 1 is 1.21 bits per heavy atom. The Hall–Kier alpha value is -1.54. The molecular weight excluding hydrogens is 351 g/mol. The fourth-order valence-corrected chi connectivity index (χ4v) is 4.43. The lowest BCUT2D eigenvalue weighted by molar-refractivity contribution is -0.131. The second-order valence-corrected chi connectivity index (χ2v) is 7.65. The molecule has 1 aromatic rings. The lowest BCUT2D eigenvalue weighted by Gasteiger charge is -2.35. The van der Waals surface area contributed by atoms with Crippen molar-refractivity contribution in [3.8, 4) is 0 Å². The van der Waals surface area contributed by atoms with Gasteiger partial charge in [0.1, 0.15) is 5.82 Å². The molecule has 0 aliphatic carbocycles. The Labute approximate surface area is 147 Å². The number of hydrogen-bond donors (Lipinski definition) is 0. The summed E-state index contributed by atoms with van der Waals surface area (Å²) in [6.45, 7) is 1.10. The summed E-state index contributed by atoms with van der Waals surface area (Å²) in [5.41, 5.74) is 0. The molecule has 0 aromatic heterocycles. The van der Waals surface area contributed by atoms with Gasteiger partial charge in [0.25, 0.3) is 5.24 Å². The minimum Gasteiger partial charge on any atom is -0.342 e.